The molecule has 0 aliphatic rings. The first-order valence-electron chi connectivity index (χ1n) is 7.28. The molecular weight excluding hydrogens is 306 g/mol. The lowest BCUT2D eigenvalue weighted by Gasteiger charge is -2.07. The molecule has 0 radical (unpaired) electrons. The fourth-order valence-corrected chi connectivity index (χ4v) is 2.81. The van der Waals surface area contributed by atoms with E-state index in [0.717, 1.165) is 16.3 Å². The highest BCUT2D eigenvalue weighted by Crippen LogP contribution is 2.19. The molecule has 0 saturated carbocycles. The van der Waals surface area contributed by atoms with E-state index in [1.54, 1.807) is 12.5 Å². The van der Waals surface area contributed by atoms with Crippen LogP contribution in [0.15, 0.2) is 72.1 Å². The summed E-state index contributed by atoms with van der Waals surface area (Å²) in [7, 11) is 0. The molecular formula is C18H17N3OS. The Morgan fingerprint density at radius 3 is 2.52 bits per heavy atom. The zero-order valence-corrected chi connectivity index (χ0v) is 13.6. The number of aryl methyl sites for hydroxylation is 1. The average molecular weight is 323 g/mol. The Labute approximate surface area is 139 Å². The van der Waals surface area contributed by atoms with E-state index in [0.29, 0.717) is 5.75 Å². The number of amides is 1. The monoisotopic (exact) mass is 323 g/mol. The van der Waals surface area contributed by atoms with Crippen molar-refractivity contribution < 1.29 is 4.79 Å². The largest absolute Gasteiger partial charge is 0.325 e. The van der Waals surface area contributed by atoms with Gasteiger partial charge < -0.3 is 9.88 Å². The minimum Gasteiger partial charge on any atom is -0.325 e. The van der Waals surface area contributed by atoms with Gasteiger partial charge in [0.05, 0.1) is 12.1 Å². The predicted octanol–water partition coefficient (Wildman–Crippen LogP) is 3.91. The van der Waals surface area contributed by atoms with Gasteiger partial charge in [0.1, 0.15) is 0 Å². The number of aromatic nitrogens is 2. The molecule has 0 spiro atoms. The van der Waals surface area contributed by atoms with Gasteiger partial charge in [-0.2, -0.15) is 0 Å². The third kappa shape index (κ3) is 4.23. The van der Waals surface area contributed by atoms with Gasteiger partial charge in [-0.05, 0) is 43.3 Å². The summed E-state index contributed by atoms with van der Waals surface area (Å²) in [5, 5.41) is 2.91. The van der Waals surface area contributed by atoms with Crippen molar-refractivity contribution in [3.05, 3.63) is 72.8 Å². The molecule has 4 nitrogen and oxygen atoms in total. The molecule has 0 bridgehead atoms. The van der Waals surface area contributed by atoms with Crippen LogP contribution in [0.3, 0.4) is 0 Å². The van der Waals surface area contributed by atoms with Gasteiger partial charge in [0.2, 0.25) is 5.91 Å². The Morgan fingerprint density at radius 2 is 1.87 bits per heavy atom. The van der Waals surface area contributed by atoms with E-state index in [4.69, 9.17) is 0 Å². The zero-order valence-electron chi connectivity index (χ0n) is 12.8. The SMILES string of the molecule is Cc1ccc(SCC(=O)Nc2ccc(-n3ccnc3)cc2)cc1. The van der Waals surface area contributed by atoms with Gasteiger partial charge in [-0.3, -0.25) is 4.79 Å². The van der Waals surface area contributed by atoms with Crippen molar-refractivity contribution in [1.82, 2.24) is 9.55 Å². The standard InChI is InChI=1S/C18H17N3OS/c1-14-2-8-17(9-3-14)23-12-18(22)20-15-4-6-16(7-5-15)21-11-10-19-13-21/h2-11,13H,12H2,1H3,(H,20,22). The van der Waals surface area contributed by atoms with Crippen LogP contribution in [-0.2, 0) is 4.79 Å². The molecule has 3 aromatic rings. The third-order valence-electron chi connectivity index (χ3n) is 3.34. The highest BCUT2D eigenvalue weighted by atomic mass is 32.2. The van der Waals surface area contributed by atoms with E-state index in [1.165, 1.54) is 17.3 Å². The molecule has 2 aromatic carbocycles. The Morgan fingerprint density at radius 1 is 1.13 bits per heavy atom. The molecule has 0 aliphatic carbocycles. The van der Waals surface area contributed by atoms with E-state index < -0.39 is 0 Å². The Kier molecular flexibility index (Phi) is 4.78. The summed E-state index contributed by atoms with van der Waals surface area (Å²) in [4.78, 5) is 17.1. The van der Waals surface area contributed by atoms with Crippen LogP contribution in [0.5, 0.6) is 0 Å². The molecule has 1 N–H and O–H groups in total. The molecule has 0 atom stereocenters. The van der Waals surface area contributed by atoms with Crippen LogP contribution in [0, 0.1) is 6.92 Å². The van der Waals surface area contributed by atoms with E-state index in [2.05, 4.69) is 29.4 Å². The molecule has 0 saturated heterocycles. The second-order valence-corrected chi connectivity index (χ2v) is 6.22. The van der Waals surface area contributed by atoms with Gasteiger partial charge in [-0.25, -0.2) is 4.98 Å². The number of benzene rings is 2. The predicted molar refractivity (Wildman–Crippen MR) is 94.1 cm³/mol. The number of carbonyl (C=O) groups excluding carboxylic acids is 1. The molecule has 0 aliphatic heterocycles. The van der Waals surface area contributed by atoms with Gasteiger partial charge in [0.25, 0.3) is 0 Å². The molecule has 116 valence electrons. The molecule has 1 amide bonds. The molecule has 0 unspecified atom stereocenters. The van der Waals surface area contributed by atoms with E-state index in [9.17, 15) is 4.79 Å². The summed E-state index contributed by atoms with van der Waals surface area (Å²) < 4.78 is 1.92. The summed E-state index contributed by atoms with van der Waals surface area (Å²) in [5.41, 5.74) is 3.02. The smallest absolute Gasteiger partial charge is 0.234 e. The lowest BCUT2D eigenvalue weighted by Crippen LogP contribution is -2.13. The third-order valence-corrected chi connectivity index (χ3v) is 4.36. The summed E-state index contributed by atoms with van der Waals surface area (Å²) in [6.07, 6.45) is 5.36. The van der Waals surface area contributed by atoms with Crippen molar-refractivity contribution in [2.45, 2.75) is 11.8 Å². The van der Waals surface area contributed by atoms with E-state index >= 15 is 0 Å². The van der Waals surface area contributed by atoms with E-state index in [1.807, 2.05) is 47.2 Å². The van der Waals surface area contributed by atoms with Crippen LogP contribution in [0.25, 0.3) is 5.69 Å². The number of rotatable bonds is 5. The number of anilines is 1. The van der Waals surface area contributed by atoms with Crippen LogP contribution >= 0.6 is 11.8 Å². The topological polar surface area (TPSA) is 46.9 Å². The molecule has 0 fully saturated rings. The van der Waals surface area contributed by atoms with Gasteiger partial charge in [-0.15, -0.1) is 11.8 Å². The minimum absolute atomic E-state index is 0.00837. The number of hydrogen-bond donors (Lipinski definition) is 1. The lowest BCUT2D eigenvalue weighted by atomic mass is 10.2. The van der Waals surface area contributed by atoms with Crippen LogP contribution < -0.4 is 5.32 Å². The quantitative estimate of drug-likeness (QED) is 0.724. The van der Waals surface area contributed by atoms with Crippen molar-refractivity contribution in [3.8, 4) is 5.69 Å². The fourth-order valence-electron chi connectivity index (χ4n) is 2.11. The maximum Gasteiger partial charge on any atom is 0.234 e. The maximum atomic E-state index is 12.0. The maximum absolute atomic E-state index is 12.0. The number of nitrogens with zero attached hydrogens (tertiary/aromatic N) is 2. The second-order valence-electron chi connectivity index (χ2n) is 5.17. The summed E-state index contributed by atoms with van der Waals surface area (Å²) >= 11 is 1.53. The first-order chi connectivity index (χ1) is 11.2. The number of nitrogens with one attached hydrogen (secondary N) is 1. The summed E-state index contributed by atoms with van der Waals surface area (Å²) in [5.74, 6) is 0.387. The lowest BCUT2D eigenvalue weighted by molar-refractivity contribution is -0.113. The highest BCUT2D eigenvalue weighted by Gasteiger charge is 2.04. The van der Waals surface area contributed by atoms with Gasteiger partial charge >= 0.3 is 0 Å². The summed E-state index contributed by atoms with van der Waals surface area (Å²) in [6, 6.07) is 15.9. The van der Waals surface area contributed by atoms with Crippen molar-refractivity contribution in [2.24, 2.45) is 0 Å². The zero-order chi connectivity index (χ0) is 16.1. The second kappa shape index (κ2) is 7.15. The summed E-state index contributed by atoms with van der Waals surface area (Å²) in [6.45, 7) is 2.05. The van der Waals surface area contributed by atoms with Crippen molar-refractivity contribution >= 4 is 23.4 Å². The van der Waals surface area contributed by atoms with Crippen LogP contribution in [0.1, 0.15) is 5.56 Å². The average Bonchev–Trinajstić information content (AvgIpc) is 3.09. The van der Waals surface area contributed by atoms with Crippen LogP contribution in [-0.4, -0.2) is 21.2 Å². The highest BCUT2D eigenvalue weighted by molar-refractivity contribution is 8.00. The first kappa shape index (κ1) is 15.4. The van der Waals surface area contributed by atoms with E-state index in [-0.39, 0.29) is 5.91 Å². The Hall–Kier alpha value is -2.53. The van der Waals surface area contributed by atoms with Crippen molar-refractivity contribution in [2.75, 3.05) is 11.1 Å². The number of imidazole rings is 1. The van der Waals surface area contributed by atoms with Crippen LogP contribution in [0.4, 0.5) is 5.69 Å². The van der Waals surface area contributed by atoms with Crippen molar-refractivity contribution in [1.29, 1.82) is 0 Å². The molecule has 1 aromatic heterocycles. The van der Waals surface area contributed by atoms with Gasteiger partial charge in [0, 0.05) is 28.7 Å². The molecule has 1 heterocycles. The first-order valence-corrected chi connectivity index (χ1v) is 8.27. The number of hydrogen-bond acceptors (Lipinski definition) is 3. The normalized spacial score (nSPS) is 10.5. The Bertz CT molecular complexity index is 765. The molecule has 3 rings (SSSR count). The van der Waals surface area contributed by atoms with Crippen LogP contribution in [0.2, 0.25) is 0 Å². The van der Waals surface area contributed by atoms with Crippen molar-refractivity contribution in [3.63, 3.8) is 0 Å². The Balaban J connectivity index is 1.54. The van der Waals surface area contributed by atoms with Gasteiger partial charge in [0.15, 0.2) is 0 Å². The van der Waals surface area contributed by atoms with Gasteiger partial charge in [-0.1, -0.05) is 17.7 Å². The fraction of sp³-hybridized carbons (Fsp3) is 0.111. The minimum atomic E-state index is -0.00837. The molecule has 5 heteroatoms. The number of carbonyl (C=O) groups is 1. The number of thioether (sulfide) groups is 1. The molecule has 23 heavy (non-hydrogen) atoms.